The summed E-state index contributed by atoms with van der Waals surface area (Å²) in [7, 11) is 1.77. The van der Waals surface area contributed by atoms with Crippen molar-refractivity contribution in [2.45, 2.75) is 57.7 Å². The van der Waals surface area contributed by atoms with Crippen molar-refractivity contribution in [2.24, 2.45) is 5.73 Å². The largest absolute Gasteiger partial charge is 0.383 e. The summed E-state index contributed by atoms with van der Waals surface area (Å²) >= 11 is 0. The zero-order chi connectivity index (χ0) is 11.3. The lowest BCUT2D eigenvalue weighted by Gasteiger charge is -2.39. The van der Waals surface area contributed by atoms with E-state index in [1.165, 1.54) is 19.3 Å². The normalized spacial score (nSPS) is 29.4. The van der Waals surface area contributed by atoms with E-state index in [-0.39, 0.29) is 0 Å². The van der Waals surface area contributed by atoms with Gasteiger partial charge in [-0.2, -0.15) is 0 Å². The number of ether oxygens (including phenoxy) is 1. The first kappa shape index (κ1) is 12.9. The van der Waals surface area contributed by atoms with E-state index >= 15 is 0 Å². The molecule has 0 heterocycles. The van der Waals surface area contributed by atoms with E-state index in [0.29, 0.717) is 18.1 Å². The Morgan fingerprint density at radius 1 is 1.47 bits per heavy atom. The van der Waals surface area contributed by atoms with Crippen LogP contribution in [0.5, 0.6) is 0 Å². The Hall–Kier alpha value is -0.120. The van der Waals surface area contributed by atoms with E-state index in [1.807, 2.05) is 0 Å². The average molecular weight is 214 g/mol. The monoisotopic (exact) mass is 214 g/mol. The van der Waals surface area contributed by atoms with Crippen LogP contribution in [0.1, 0.15) is 39.5 Å². The molecule has 3 unspecified atom stereocenters. The van der Waals surface area contributed by atoms with Crippen molar-refractivity contribution >= 4 is 0 Å². The maximum atomic E-state index is 6.03. The summed E-state index contributed by atoms with van der Waals surface area (Å²) in [4.78, 5) is 2.54. The van der Waals surface area contributed by atoms with Gasteiger partial charge in [-0.25, -0.2) is 0 Å². The van der Waals surface area contributed by atoms with Gasteiger partial charge in [-0.05, 0) is 32.7 Å². The smallest absolute Gasteiger partial charge is 0.0615 e. The van der Waals surface area contributed by atoms with Crippen molar-refractivity contribution in [2.75, 3.05) is 20.3 Å². The molecule has 0 aromatic carbocycles. The summed E-state index contributed by atoms with van der Waals surface area (Å²) in [5, 5.41) is 0. The van der Waals surface area contributed by atoms with Crippen LogP contribution < -0.4 is 5.73 Å². The molecule has 90 valence electrons. The van der Waals surface area contributed by atoms with E-state index in [4.69, 9.17) is 10.5 Å². The zero-order valence-electron chi connectivity index (χ0n) is 10.4. The van der Waals surface area contributed by atoms with Gasteiger partial charge >= 0.3 is 0 Å². The predicted molar refractivity (Wildman–Crippen MR) is 63.9 cm³/mol. The SMILES string of the molecule is CCN(C(C)COC)C1CCCC(N)C1. The highest BCUT2D eigenvalue weighted by Crippen LogP contribution is 2.23. The number of hydrogen-bond acceptors (Lipinski definition) is 3. The first-order valence-corrected chi connectivity index (χ1v) is 6.19. The van der Waals surface area contributed by atoms with Gasteiger partial charge in [0, 0.05) is 25.2 Å². The quantitative estimate of drug-likeness (QED) is 0.755. The number of methoxy groups -OCH3 is 1. The average Bonchev–Trinajstić information content (AvgIpc) is 2.19. The second-order valence-corrected chi connectivity index (χ2v) is 4.72. The molecule has 3 heteroatoms. The molecule has 15 heavy (non-hydrogen) atoms. The molecule has 0 saturated heterocycles. The summed E-state index contributed by atoms with van der Waals surface area (Å²) in [6, 6.07) is 1.59. The summed E-state index contributed by atoms with van der Waals surface area (Å²) in [5.74, 6) is 0. The Kier molecular flexibility index (Phi) is 5.58. The molecule has 1 saturated carbocycles. The third-order valence-electron chi connectivity index (χ3n) is 3.50. The van der Waals surface area contributed by atoms with Crippen molar-refractivity contribution in [3.8, 4) is 0 Å². The summed E-state index contributed by atoms with van der Waals surface area (Å²) in [6.45, 7) is 6.39. The summed E-state index contributed by atoms with van der Waals surface area (Å²) < 4.78 is 5.23. The Morgan fingerprint density at radius 2 is 2.20 bits per heavy atom. The van der Waals surface area contributed by atoms with Crippen LogP contribution in [0.15, 0.2) is 0 Å². The minimum atomic E-state index is 0.410. The van der Waals surface area contributed by atoms with Gasteiger partial charge in [0.1, 0.15) is 0 Å². The topological polar surface area (TPSA) is 38.5 Å². The Labute approximate surface area is 94.0 Å². The second-order valence-electron chi connectivity index (χ2n) is 4.72. The number of rotatable bonds is 5. The van der Waals surface area contributed by atoms with Crippen LogP contribution in [0.4, 0.5) is 0 Å². The standard InChI is InChI=1S/C12H26N2O/c1-4-14(10(2)9-15-3)12-7-5-6-11(13)8-12/h10-12H,4-9,13H2,1-3H3. The molecule has 0 aromatic heterocycles. The number of likely N-dealkylation sites (N-methyl/N-ethyl adjacent to an activating group) is 1. The molecule has 0 spiro atoms. The highest BCUT2D eigenvalue weighted by molar-refractivity contribution is 4.84. The molecule has 0 bridgehead atoms. The third kappa shape index (κ3) is 3.74. The number of nitrogens with zero attached hydrogens (tertiary/aromatic N) is 1. The van der Waals surface area contributed by atoms with Crippen LogP contribution >= 0.6 is 0 Å². The Balaban J connectivity index is 2.48. The lowest BCUT2D eigenvalue weighted by molar-refractivity contribution is 0.0564. The first-order valence-electron chi connectivity index (χ1n) is 6.19. The highest BCUT2D eigenvalue weighted by atomic mass is 16.5. The van der Waals surface area contributed by atoms with Gasteiger partial charge in [-0.15, -0.1) is 0 Å². The van der Waals surface area contributed by atoms with Crippen molar-refractivity contribution in [1.82, 2.24) is 4.90 Å². The van der Waals surface area contributed by atoms with Crippen molar-refractivity contribution in [3.05, 3.63) is 0 Å². The first-order chi connectivity index (χ1) is 7.19. The molecule has 1 rings (SSSR count). The minimum absolute atomic E-state index is 0.410. The molecule has 3 atom stereocenters. The predicted octanol–water partition coefficient (Wildman–Crippen LogP) is 1.61. The summed E-state index contributed by atoms with van der Waals surface area (Å²) in [6.07, 6.45) is 4.94. The van der Waals surface area contributed by atoms with Crippen LogP contribution in [-0.2, 0) is 4.74 Å². The minimum Gasteiger partial charge on any atom is -0.383 e. The van der Waals surface area contributed by atoms with Crippen molar-refractivity contribution < 1.29 is 4.74 Å². The van der Waals surface area contributed by atoms with Crippen LogP contribution in [0.2, 0.25) is 0 Å². The van der Waals surface area contributed by atoms with Crippen LogP contribution in [0.25, 0.3) is 0 Å². The van der Waals surface area contributed by atoms with E-state index in [9.17, 15) is 0 Å². The number of hydrogen-bond donors (Lipinski definition) is 1. The lowest BCUT2D eigenvalue weighted by atomic mass is 9.90. The maximum absolute atomic E-state index is 6.03. The molecule has 0 aliphatic heterocycles. The van der Waals surface area contributed by atoms with E-state index < -0.39 is 0 Å². The van der Waals surface area contributed by atoms with Crippen LogP contribution in [0, 0.1) is 0 Å². The van der Waals surface area contributed by atoms with Crippen molar-refractivity contribution in [1.29, 1.82) is 0 Å². The van der Waals surface area contributed by atoms with Crippen molar-refractivity contribution in [3.63, 3.8) is 0 Å². The molecule has 1 fully saturated rings. The molecule has 2 N–H and O–H groups in total. The van der Waals surface area contributed by atoms with Gasteiger partial charge in [0.2, 0.25) is 0 Å². The third-order valence-corrected chi connectivity index (χ3v) is 3.50. The van der Waals surface area contributed by atoms with E-state index in [2.05, 4.69) is 18.7 Å². The molecule has 3 nitrogen and oxygen atoms in total. The van der Waals surface area contributed by atoms with Gasteiger partial charge in [0.15, 0.2) is 0 Å². The molecule has 1 aliphatic rings. The fourth-order valence-electron chi connectivity index (χ4n) is 2.77. The molecular weight excluding hydrogens is 188 g/mol. The Bertz CT molecular complexity index is 175. The zero-order valence-corrected chi connectivity index (χ0v) is 10.4. The fraction of sp³-hybridized carbons (Fsp3) is 1.00. The molecule has 0 amide bonds. The van der Waals surface area contributed by atoms with Crippen LogP contribution in [-0.4, -0.2) is 43.3 Å². The molecule has 0 radical (unpaired) electrons. The van der Waals surface area contributed by atoms with E-state index in [0.717, 1.165) is 19.6 Å². The molecule has 0 aromatic rings. The van der Waals surface area contributed by atoms with Gasteiger partial charge in [0.25, 0.3) is 0 Å². The maximum Gasteiger partial charge on any atom is 0.0615 e. The van der Waals surface area contributed by atoms with Gasteiger partial charge in [-0.3, -0.25) is 4.90 Å². The number of nitrogens with two attached hydrogens (primary N) is 1. The Morgan fingerprint density at radius 3 is 2.73 bits per heavy atom. The summed E-state index contributed by atoms with van der Waals surface area (Å²) in [5.41, 5.74) is 6.03. The van der Waals surface area contributed by atoms with Gasteiger partial charge < -0.3 is 10.5 Å². The van der Waals surface area contributed by atoms with E-state index in [1.54, 1.807) is 7.11 Å². The molecular formula is C12H26N2O. The highest BCUT2D eigenvalue weighted by Gasteiger charge is 2.26. The second kappa shape index (κ2) is 6.46. The van der Waals surface area contributed by atoms with Gasteiger partial charge in [0.05, 0.1) is 6.61 Å². The van der Waals surface area contributed by atoms with Gasteiger partial charge in [-0.1, -0.05) is 13.3 Å². The fourth-order valence-corrected chi connectivity index (χ4v) is 2.77. The molecule has 1 aliphatic carbocycles. The lowest BCUT2D eigenvalue weighted by Crippen LogP contribution is -2.48. The van der Waals surface area contributed by atoms with Crippen LogP contribution in [0.3, 0.4) is 0 Å².